The lowest BCUT2D eigenvalue weighted by molar-refractivity contribution is -0.143. The van der Waals surface area contributed by atoms with E-state index in [2.05, 4.69) is 4.98 Å². The van der Waals surface area contributed by atoms with E-state index in [0.29, 0.717) is 42.6 Å². The van der Waals surface area contributed by atoms with Crippen LogP contribution in [-0.4, -0.2) is 22.1 Å². The highest BCUT2D eigenvalue weighted by Crippen LogP contribution is 2.12. The summed E-state index contributed by atoms with van der Waals surface area (Å²) in [5.74, 6) is -0.248. The topological polar surface area (TPSA) is 81.2 Å². The highest BCUT2D eigenvalue weighted by molar-refractivity contribution is 7.17. The van der Waals surface area contributed by atoms with Crippen molar-refractivity contribution in [1.82, 2.24) is 9.55 Å². The Morgan fingerprint density at radius 1 is 1.40 bits per heavy atom. The molecule has 2 rings (SSSR count). The Morgan fingerprint density at radius 3 is 2.95 bits per heavy atom. The number of H-pyrrole nitrogens is 1. The van der Waals surface area contributed by atoms with Crippen LogP contribution < -0.4 is 11.2 Å². The van der Waals surface area contributed by atoms with Crippen molar-refractivity contribution < 1.29 is 9.53 Å². The maximum absolute atomic E-state index is 12.1. The summed E-state index contributed by atoms with van der Waals surface area (Å²) in [5, 5.41) is 1.77. The van der Waals surface area contributed by atoms with Gasteiger partial charge in [0.2, 0.25) is 0 Å². The quantitative estimate of drug-likeness (QED) is 0.647. The Balaban J connectivity index is 2.01. The Hall–Kier alpha value is -1.89. The zero-order chi connectivity index (χ0) is 14.5. The van der Waals surface area contributed by atoms with Gasteiger partial charge in [-0.25, -0.2) is 4.79 Å². The molecule has 0 amide bonds. The first-order chi connectivity index (χ1) is 9.63. The van der Waals surface area contributed by atoms with Crippen molar-refractivity contribution in [3.05, 3.63) is 32.3 Å². The molecule has 20 heavy (non-hydrogen) atoms. The second kappa shape index (κ2) is 6.51. The van der Waals surface area contributed by atoms with Gasteiger partial charge in [0.05, 0.1) is 12.1 Å². The molecule has 0 aliphatic carbocycles. The normalized spacial score (nSPS) is 10.8. The second-order valence-electron chi connectivity index (χ2n) is 4.31. The predicted octanol–water partition coefficient (Wildman–Crippen LogP) is 1.48. The molecule has 6 nitrogen and oxygen atoms in total. The number of carbonyl (C=O) groups is 1. The molecule has 0 radical (unpaired) electrons. The van der Waals surface area contributed by atoms with E-state index in [0.717, 1.165) is 0 Å². The molecule has 0 aliphatic heterocycles. The van der Waals surface area contributed by atoms with Crippen LogP contribution >= 0.6 is 11.3 Å². The van der Waals surface area contributed by atoms with E-state index in [1.807, 2.05) is 0 Å². The molecule has 0 aliphatic rings. The number of fused-ring (bicyclic) bond motifs is 1. The summed E-state index contributed by atoms with van der Waals surface area (Å²) in [6.45, 7) is 2.43. The van der Waals surface area contributed by atoms with Gasteiger partial charge in [0.15, 0.2) is 0 Å². The van der Waals surface area contributed by atoms with Gasteiger partial charge in [0, 0.05) is 13.0 Å². The Kier molecular flexibility index (Phi) is 4.73. The van der Waals surface area contributed by atoms with Crippen LogP contribution in [-0.2, 0) is 16.1 Å². The third-order valence-corrected chi connectivity index (χ3v) is 3.81. The van der Waals surface area contributed by atoms with E-state index in [1.165, 1.54) is 15.9 Å². The van der Waals surface area contributed by atoms with Crippen molar-refractivity contribution in [3.8, 4) is 0 Å². The molecular formula is C13H16N2O4S. The summed E-state index contributed by atoms with van der Waals surface area (Å²) < 4.78 is 6.55. The zero-order valence-corrected chi connectivity index (χ0v) is 12.0. The number of unbranched alkanes of at least 4 members (excludes halogenated alkanes) is 1. The summed E-state index contributed by atoms with van der Waals surface area (Å²) >= 11 is 1.31. The molecule has 108 valence electrons. The van der Waals surface area contributed by atoms with Gasteiger partial charge in [-0.05, 0) is 31.2 Å². The molecule has 0 spiro atoms. The van der Waals surface area contributed by atoms with Crippen LogP contribution in [0.4, 0.5) is 0 Å². The maximum atomic E-state index is 12.1. The first-order valence-electron chi connectivity index (χ1n) is 6.49. The summed E-state index contributed by atoms with van der Waals surface area (Å²) in [6.07, 6.45) is 1.48. The van der Waals surface area contributed by atoms with E-state index in [4.69, 9.17) is 4.74 Å². The third-order valence-electron chi connectivity index (χ3n) is 2.91. The van der Waals surface area contributed by atoms with Crippen molar-refractivity contribution in [2.45, 2.75) is 32.7 Å². The van der Waals surface area contributed by atoms with Crippen LogP contribution in [0.15, 0.2) is 21.0 Å². The Bertz CT molecular complexity index is 713. The van der Waals surface area contributed by atoms with E-state index in [9.17, 15) is 14.4 Å². The standard InChI is InChI=1S/C13H16N2O4S/c1-2-19-10(16)5-3-4-7-15-12(17)11-9(6-8-20-11)14-13(15)18/h6,8H,2-5,7H2,1H3,(H,14,18). The van der Waals surface area contributed by atoms with Gasteiger partial charge in [0.1, 0.15) is 4.70 Å². The molecule has 0 aromatic carbocycles. The number of carbonyl (C=O) groups excluding carboxylic acids is 1. The fourth-order valence-electron chi connectivity index (χ4n) is 1.95. The van der Waals surface area contributed by atoms with Crippen molar-refractivity contribution in [2.24, 2.45) is 0 Å². The molecule has 1 N–H and O–H groups in total. The van der Waals surface area contributed by atoms with Gasteiger partial charge < -0.3 is 9.72 Å². The molecule has 0 fully saturated rings. The summed E-state index contributed by atoms with van der Waals surface area (Å²) in [7, 11) is 0. The van der Waals surface area contributed by atoms with Crippen LogP contribution in [0.3, 0.4) is 0 Å². The van der Waals surface area contributed by atoms with Crippen molar-refractivity contribution >= 4 is 27.5 Å². The van der Waals surface area contributed by atoms with Gasteiger partial charge >= 0.3 is 11.7 Å². The van der Waals surface area contributed by atoms with E-state index in [-0.39, 0.29) is 11.5 Å². The van der Waals surface area contributed by atoms with Gasteiger partial charge in [-0.3, -0.25) is 14.2 Å². The number of nitrogens with one attached hydrogen (secondary N) is 1. The number of hydrogen-bond donors (Lipinski definition) is 1. The van der Waals surface area contributed by atoms with Crippen molar-refractivity contribution in [2.75, 3.05) is 6.61 Å². The number of rotatable bonds is 6. The Morgan fingerprint density at radius 2 is 2.20 bits per heavy atom. The number of aromatic nitrogens is 2. The van der Waals surface area contributed by atoms with E-state index >= 15 is 0 Å². The first kappa shape index (κ1) is 14.5. The summed E-state index contributed by atoms with van der Waals surface area (Å²) in [6, 6.07) is 1.72. The first-order valence-corrected chi connectivity index (χ1v) is 7.37. The van der Waals surface area contributed by atoms with Gasteiger partial charge in [-0.2, -0.15) is 0 Å². The average Bonchev–Trinajstić information content (AvgIpc) is 2.86. The molecule has 2 aromatic rings. The lowest BCUT2D eigenvalue weighted by Crippen LogP contribution is -2.34. The summed E-state index contributed by atoms with van der Waals surface area (Å²) in [5.41, 5.74) is -0.0975. The molecule has 2 aromatic heterocycles. The van der Waals surface area contributed by atoms with Crippen molar-refractivity contribution in [3.63, 3.8) is 0 Å². The fraction of sp³-hybridized carbons (Fsp3) is 0.462. The lowest BCUT2D eigenvalue weighted by atomic mass is 10.2. The molecule has 0 unspecified atom stereocenters. The second-order valence-corrected chi connectivity index (χ2v) is 5.23. The minimum atomic E-state index is -0.406. The van der Waals surface area contributed by atoms with Gasteiger partial charge in [0.25, 0.3) is 5.56 Å². The minimum absolute atomic E-state index is 0.248. The number of esters is 1. The highest BCUT2D eigenvalue weighted by atomic mass is 32.1. The van der Waals surface area contributed by atoms with E-state index in [1.54, 1.807) is 18.4 Å². The molecule has 0 saturated carbocycles. The molecule has 0 saturated heterocycles. The SMILES string of the molecule is CCOC(=O)CCCCn1c(=O)[nH]c2ccsc2c1=O. The number of nitrogens with zero attached hydrogens (tertiary/aromatic N) is 1. The molecule has 0 atom stereocenters. The maximum Gasteiger partial charge on any atom is 0.328 e. The molecule has 0 bridgehead atoms. The number of aromatic amines is 1. The van der Waals surface area contributed by atoms with Crippen LogP contribution in [0.5, 0.6) is 0 Å². The van der Waals surface area contributed by atoms with Crippen LogP contribution in [0, 0.1) is 0 Å². The van der Waals surface area contributed by atoms with Crippen molar-refractivity contribution in [1.29, 1.82) is 0 Å². The number of ether oxygens (including phenoxy) is 1. The van der Waals surface area contributed by atoms with Gasteiger partial charge in [-0.1, -0.05) is 0 Å². The smallest absolute Gasteiger partial charge is 0.328 e. The number of thiophene rings is 1. The Labute approximate surface area is 119 Å². The van der Waals surface area contributed by atoms with Crippen LogP contribution in [0.2, 0.25) is 0 Å². The monoisotopic (exact) mass is 296 g/mol. The third kappa shape index (κ3) is 3.16. The number of hydrogen-bond acceptors (Lipinski definition) is 5. The average molecular weight is 296 g/mol. The fourth-order valence-corrected chi connectivity index (χ4v) is 2.74. The minimum Gasteiger partial charge on any atom is -0.466 e. The lowest BCUT2D eigenvalue weighted by Gasteiger charge is -2.04. The van der Waals surface area contributed by atoms with Gasteiger partial charge in [-0.15, -0.1) is 11.3 Å². The van der Waals surface area contributed by atoms with E-state index < -0.39 is 5.69 Å². The highest BCUT2D eigenvalue weighted by Gasteiger charge is 2.08. The molecule has 7 heteroatoms. The largest absolute Gasteiger partial charge is 0.466 e. The zero-order valence-electron chi connectivity index (χ0n) is 11.2. The summed E-state index contributed by atoms with van der Waals surface area (Å²) in [4.78, 5) is 37.8. The molecule has 2 heterocycles. The van der Waals surface area contributed by atoms with Crippen LogP contribution in [0.1, 0.15) is 26.2 Å². The predicted molar refractivity (Wildman–Crippen MR) is 77.2 cm³/mol. The van der Waals surface area contributed by atoms with Crippen LogP contribution in [0.25, 0.3) is 10.2 Å². The molecular weight excluding hydrogens is 280 g/mol.